The molecular weight excluding hydrogens is 504 g/mol. The monoisotopic (exact) mass is 524 g/mol. The van der Waals surface area contributed by atoms with Crippen LogP contribution in [0, 0.1) is 0 Å². The number of halogens is 1. The fourth-order valence-corrected chi connectivity index (χ4v) is 3.78. The topological polar surface area (TPSA) is 84.5 Å². The number of hydrogen-bond donors (Lipinski definition) is 2. The Morgan fingerprint density at radius 3 is 2.39 bits per heavy atom. The highest BCUT2D eigenvalue weighted by molar-refractivity contribution is 9.10. The van der Waals surface area contributed by atoms with Crippen LogP contribution in [0.5, 0.6) is 0 Å². The van der Waals surface area contributed by atoms with Gasteiger partial charge in [0.25, 0.3) is 11.8 Å². The minimum Gasteiger partial charge on any atom is -0.468 e. The Labute approximate surface area is 204 Å². The molecule has 8 heteroatoms. The first-order chi connectivity index (χ1) is 15.9. The van der Waals surface area contributed by atoms with Crippen molar-refractivity contribution in [3.8, 4) is 0 Å². The molecular formula is C25H21BrN2O4S. The summed E-state index contributed by atoms with van der Waals surface area (Å²) in [6, 6.07) is 23.1. The van der Waals surface area contributed by atoms with Gasteiger partial charge in [0.1, 0.15) is 5.70 Å². The molecule has 0 atom stereocenters. The predicted octanol–water partition coefficient (Wildman–Crippen LogP) is 5.12. The summed E-state index contributed by atoms with van der Waals surface area (Å²) in [4.78, 5) is 38.0. The highest BCUT2D eigenvalue weighted by Crippen LogP contribution is 2.22. The molecule has 0 aliphatic carbocycles. The van der Waals surface area contributed by atoms with Gasteiger partial charge in [-0.05, 0) is 54.1 Å². The van der Waals surface area contributed by atoms with Crippen molar-refractivity contribution in [2.75, 3.05) is 18.2 Å². The van der Waals surface area contributed by atoms with Crippen LogP contribution in [0.3, 0.4) is 0 Å². The summed E-state index contributed by atoms with van der Waals surface area (Å²) < 4.78 is 5.56. The lowest BCUT2D eigenvalue weighted by Crippen LogP contribution is -2.30. The molecule has 3 aromatic rings. The van der Waals surface area contributed by atoms with Crippen LogP contribution in [0.2, 0.25) is 0 Å². The summed E-state index contributed by atoms with van der Waals surface area (Å²) in [6.07, 6.45) is 1.61. The molecule has 2 amide bonds. The summed E-state index contributed by atoms with van der Waals surface area (Å²) in [5.41, 5.74) is 1.82. The minimum atomic E-state index is -0.475. The molecule has 0 bridgehead atoms. The Morgan fingerprint density at radius 1 is 0.970 bits per heavy atom. The first-order valence-corrected chi connectivity index (χ1v) is 11.7. The Kier molecular flexibility index (Phi) is 8.86. The van der Waals surface area contributed by atoms with E-state index < -0.39 is 11.8 Å². The predicted molar refractivity (Wildman–Crippen MR) is 134 cm³/mol. The lowest BCUT2D eigenvalue weighted by molar-refractivity contribution is -0.137. The van der Waals surface area contributed by atoms with Gasteiger partial charge in [-0.2, -0.15) is 0 Å². The van der Waals surface area contributed by atoms with Gasteiger partial charge in [0.2, 0.25) is 0 Å². The van der Waals surface area contributed by atoms with Crippen molar-refractivity contribution >= 4 is 57.2 Å². The number of rotatable bonds is 8. The maximum Gasteiger partial charge on any atom is 0.315 e. The fourth-order valence-electron chi connectivity index (χ4n) is 2.73. The number of ether oxygens (including phenoxy) is 1. The number of anilines is 1. The van der Waals surface area contributed by atoms with E-state index in [-0.39, 0.29) is 17.4 Å². The van der Waals surface area contributed by atoms with Gasteiger partial charge >= 0.3 is 5.97 Å². The Bertz CT molecular complexity index is 1160. The van der Waals surface area contributed by atoms with Crippen molar-refractivity contribution < 1.29 is 19.1 Å². The summed E-state index contributed by atoms with van der Waals surface area (Å²) in [5.74, 6) is -1.04. The summed E-state index contributed by atoms with van der Waals surface area (Å²) >= 11 is 4.69. The second kappa shape index (κ2) is 12.0. The van der Waals surface area contributed by atoms with Crippen molar-refractivity contribution in [2.24, 2.45) is 0 Å². The normalized spacial score (nSPS) is 10.9. The highest BCUT2D eigenvalue weighted by atomic mass is 79.9. The molecule has 0 saturated heterocycles. The molecule has 2 N–H and O–H groups in total. The quantitative estimate of drug-likeness (QED) is 0.242. The molecule has 0 spiro atoms. The van der Waals surface area contributed by atoms with Gasteiger partial charge in [0.05, 0.1) is 12.9 Å². The van der Waals surface area contributed by atoms with Crippen LogP contribution in [0.4, 0.5) is 5.69 Å². The van der Waals surface area contributed by atoms with Crippen molar-refractivity contribution in [1.29, 1.82) is 0 Å². The van der Waals surface area contributed by atoms with Gasteiger partial charge in [0.15, 0.2) is 0 Å². The number of amides is 2. The molecule has 0 aromatic heterocycles. The summed E-state index contributed by atoms with van der Waals surface area (Å²) in [5, 5.41) is 5.52. The number of benzene rings is 3. The molecule has 0 aliphatic rings. The van der Waals surface area contributed by atoms with E-state index in [1.54, 1.807) is 48.5 Å². The smallest absolute Gasteiger partial charge is 0.315 e. The molecule has 3 rings (SSSR count). The zero-order chi connectivity index (χ0) is 23.6. The molecule has 168 valence electrons. The zero-order valence-electron chi connectivity index (χ0n) is 17.7. The SMILES string of the molecule is COC(=O)CSc1cccc(NC(=O)/C(=C/c2ccc(Br)cc2)NC(=O)c2ccccc2)c1. The van der Waals surface area contributed by atoms with Crippen LogP contribution in [-0.4, -0.2) is 30.6 Å². The largest absolute Gasteiger partial charge is 0.468 e. The van der Waals surface area contributed by atoms with E-state index in [1.807, 2.05) is 36.4 Å². The molecule has 0 heterocycles. The van der Waals surface area contributed by atoms with Gasteiger partial charge < -0.3 is 15.4 Å². The molecule has 0 saturated carbocycles. The van der Waals surface area contributed by atoms with Crippen LogP contribution < -0.4 is 10.6 Å². The van der Waals surface area contributed by atoms with Crippen LogP contribution >= 0.6 is 27.7 Å². The van der Waals surface area contributed by atoms with Gasteiger partial charge in [-0.25, -0.2) is 0 Å². The Morgan fingerprint density at radius 2 is 1.70 bits per heavy atom. The molecule has 33 heavy (non-hydrogen) atoms. The number of esters is 1. The molecule has 3 aromatic carbocycles. The van der Waals surface area contributed by atoms with Crippen molar-refractivity contribution in [1.82, 2.24) is 5.32 Å². The second-order valence-electron chi connectivity index (χ2n) is 6.78. The van der Waals surface area contributed by atoms with Crippen molar-refractivity contribution in [2.45, 2.75) is 4.90 Å². The number of nitrogens with one attached hydrogen (secondary N) is 2. The van der Waals surface area contributed by atoms with E-state index in [0.29, 0.717) is 11.3 Å². The van der Waals surface area contributed by atoms with Crippen LogP contribution in [0.1, 0.15) is 15.9 Å². The van der Waals surface area contributed by atoms with Gasteiger partial charge in [-0.3, -0.25) is 14.4 Å². The number of hydrogen-bond acceptors (Lipinski definition) is 5. The van der Waals surface area contributed by atoms with E-state index in [1.165, 1.54) is 18.9 Å². The number of carbonyl (C=O) groups excluding carboxylic acids is 3. The number of methoxy groups -OCH3 is 1. The number of carbonyl (C=O) groups is 3. The first-order valence-electron chi connectivity index (χ1n) is 9.89. The minimum absolute atomic E-state index is 0.0961. The van der Waals surface area contributed by atoms with Crippen LogP contribution in [-0.2, 0) is 14.3 Å². The molecule has 0 fully saturated rings. The van der Waals surface area contributed by atoms with Crippen molar-refractivity contribution in [3.63, 3.8) is 0 Å². The third-order valence-corrected chi connectivity index (χ3v) is 5.88. The molecule has 6 nitrogen and oxygen atoms in total. The second-order valence-corrected chi connectivity index (χ2v) is 8.74. The third kappa shape index (κ3) is 7.62. The van der Waals surface area contributed by atoms with E-state index in [9.17, 15) is 14.4 Å². The number of thioether (sulfide) groups is 1. The van der Waals surface area contributed by atoms with E-state index >= 15 is 0 Å². The lowest BCUT2D eigenvalue weighted by atomic mass is 10.1. The highest BCUT2D eigenvalue weighted by Gasteiger charge is 2.15. The zero-order valence-corrected chi connectivity index (χ0v) is 20.1. The summed E-state index contributed by atoms with van der Waals surface area (Å²) in [7, 11) is 1.34. The van der Waals surface area contributed by atoms with E-state index in [0.717, 1.165) is 14.9 Å². The van der Waals surface area contributed by atoms with Gasteiger partial charge in [0, 0.05) is 20.6 Å². The standard InChI is InChI=1S/C25H21BrN2O4S/c1-32-23(29)16-33-21-9-5-8-20(15-21)27-25(31)22(14-17-10-12-19(26)13-11-17)28-24(30)18-6-3-2-4-7-18/h2-15H,16H2,1H3,(H,27,31)(H,28,30)/b22-14-. The van der Waals surface area contributed by atoms with Gasteiger partial charge in [-0.1, -0.05) is 52.3 Å². The van der Waals surface area contributed by atoms with E-state index in [2.05, 4.69) is 31.3 Å². The molecule has 0 radical (unpaired) electrons. The third-order valence-electron chi connectivity index (χ3n) is 4.39. The lowest BCUT2D eigenvalue weighted by Gasteiger charge is -2.12. The maximum atomic E-state index is 13.1. The molecule has 0 aliphatic heterocycles. The van der Waals surface area contributed by atoms with Gasteiger partial charge in [-0.15, -0.1) is 11.8 Å². The maximum absolute atomic E-state index is 13.1. The average molecular weight is 525 g/mol. The Balaban J connectivity index is 1.81. The summed E-state index contributed by atoms with van der Waals surface area (Å²) in [6.45, 7) is 0. The first kappa shape index (κ1) is 24.3. The van der Waals surface area contributed by atoms with Crippen LogP contribution in [0.15, 0.2) is 93.9 Å². The average Bonchev–Trinajstić information content (AvgIpc) is 2.84. The molecule has 0 unspecified atom stereocenters. The van der Waals surface area contributed by atoms with Crippen molar-refractivity contribution in [3.05, 3.63) is 100 Å². The van der Waals surface area contributed by atoms with E-state index in [4.69, 9.17) is 0 Å². The Hall–Kier alpha value is -3.36. The van der Waals surface area contributed by atoms with Crippen LogP contribution in [0.25, 0.3) is 6.08 Å². The fraction of sp³-hybridized carbons (Fsp3) is 0.0800.